The van der Waals surface area contributed by atoms with Crippen LogP contribution in [0.3, 0.4) is 0 Å². The van der Waals surface area contributed by atoms with Crippen molar-refractivity contribution in [3.05, 3.63) is 72.1 Å². The van der Waals surface area contributed by atoms with Crippen molar-refractivity contribution in [2.45, 2.75) is 6.42 Å². The number of nitrogens with zero attached hydrogens (tertiary/aromatic N) is 1. The molecule has 1 aromatic heterocycles. The van der Waals surface area contributed by atoms with Crippen LogP contribution in [0.5, 0.6) is 17.2 Å². The van der Waals surface area contributed by atoms with Crippen molar-refractivity contribution in [2.24, 2.45) is 0 Å². The van der Waals surface area contributed by atoms with Crippen LogP contribution in [0, 0.1) is 0 Å². The van der Waals surface area contributed by atoms with E-state index in [1.165, 1.54) is 5.56 Å². The monoisotopic (exact) mass is 391 g/mol. The number of nitrogens with one attached hydrogen (secondary N) is 2. The van der Waals surface area contributed by atoms with E-state index in [1.54, 1.807) is 37.6 Å². The molecule has 0 unspecified atom stereocenters. The number of benzene rings is 2. The van der Waals surface area contributed by atoms with Gasteiger partial charge in [-0.1, -0.05) is 12.1 Å². The number of anilines is 2. The Hall–Kier alpha value is -3.74. The second-order valence-electron chi connectivity index (χ2n) is 6.48. The van der Waals surface area contributed by atoms with Crippen molar-refractivity contribution in [3.63, 3.8) is 0 Å². The first-order valence-corrected chi connectivity index (χ1v) is 9.25. The maximum atomic E-state index is 12.4. The Morgan fingerprint density at radius 2 is 1.83 bits per heavy atom. The molecule has 7 heteroatoms. The fraction of sp³-hybridized carbons (Fsp3) is 0.182. The van der Waals surface area contributed by atoms with Crippen molar-refractivity contribution in [1.82, 2.24) is 4.98 Å². The molecule has 1 amide bonds. The molecule has 2 aromatic carbocycles. The van der Waals surface area contributed by atoms with E-state index in [0.717, 1.165) is 24.4 Å². The molecule has 0 saturated carbocycles. The zero-order valence-corrected chi connectivity index (χ0v) is 16.0. The van der Waals surface area contributed by atoms with Gasteiger partial charge >= 0.3 is 0 Å². The van der Waals surface area contributed by atoms with E-state index in [-0.39, 0.29) is 12.7 Å². The Labute approximate surface area is 168 Å². The first-order valence-electron chi connectivity index (χ1n) is 9.25. The molecule has 0 fully saturated rings. The summed E-state index contributed by atoms with van der Waals surface area (Å²) in [5, 5.41) is 6.12. The summed E-state index contributed by atoms with van der Waals surface area (Å²) in [5.74, 6) is 1.85. The lowest BCUT2D eigenvalue weighted by atomic mass is 10.1. The molecule has 2 heterocycles. The number of carbonyl (C=O) groups excluding carboxylic acids is 1. The van der Waals surface area contributed by atoms with Gasteiger partial charge in [-0.3, -0.25) is 4.79 Å². The Bertz CT molecular complexity index is 988. The molecule has 0 saturated heterocycles. The molecule has 0 aliphatic carbocycles. The molecule has 0 atom stereocenters. The van der Waals surface area contributed by atoms with Gasteiger partial charge in [0.2, 0.25) is 6.79 Å². The van der Waals surface area contributed by atoms with Gasteiger partial charge in [0, 0.05) is 18.3 Å². The second kappa shape index (κ2) is 8.52. The first kappa shape index (κ1) is 18.6. The molecule has 0 radical (unpaired) electrons. The largest absolute Gasteiger partial charge is 0.497 e. The number of ether oxygens (including phenoxy) is 3. The van der Waals surface area contributed by atoms with Crippen LogP contribution in [-0.2, 0) is 6.42 Å². The van der Waals surface area contributed by atoms with Crippen molar-refractivity contribution >= 4 is 17.3 Å². The first-order chi connectivity index (χ1) is 14.2. The summed E-state index contributed by atoms with van der Waals surface area (Å²) in [5.41, 5.74) is 3.04. The van der Waals surface area contributed by atoms with Crippen LogP contribution >= 0.6 is 0 Å². The third kappa shape index (κ3) is 4.57. The van der Waals surface area contributed by atoms with Gasteiger partial charge in [0.25, 0.3) is 5.91 Å². The second-order valence-corrected chi connectivity index (χ2v) is 6.48. The van der Waals surface area contributed by atoms with Gasteiger partial charge in [-0.25, -0.2) is 4.98 Å². The molecule has 4 rings (SSSR count). The summed E-state index contributed by atoms with van der Waals surface area (Å²) in [6.45, 7) is 0.956. The molecule has 0 bridgehead atoms. The zero-order chi connectivity index (χ0) is 20.1. The molecule has 1 aliphatic rings. The average Bonchev–Trinajstić information content (AvgIpc) is 3.22. The zero-order valence-electron chi connectivity index (χ0n) is 16.0. The van der Waals surface area contributed by atoms with Crippen LogP contribution in [0.4, 0.5) is 11.4 Å². The molecule has 2 N–H and O–H groups in total. The number of methoxy groups -OCH3 is 1. The van der Waals surface area contributed by atoms with Crippen molar-refractivity contribution < 1.29 is 19.0 Å². The van der Waals surface area contributed by atoms with Gasteiger partial charge in [0.05, 0.1) is 19.0 Å². The minimum absolute atomic E-state index is 0.196. The maximum Gasteiger partial charge on any atom is 0.274 e. The van der Waals surface area contributed by atoms with Crippen LogP contribution < -0.4 is 24.8 Å². The predicted octanol–water partition coefficient (Wildman–Crippen LogP) is 3.73. The van der Waals surface area contributed by atoms with E-state index >= 15 is 0 Å². The molecule has 29 heavy (non-hydrogen) atoms. The number of hydrogen-bond donors (Lipinski definition) is 2. The van der Waals surface area contributed by atoms with Crippen LogP contribution in [0.1, 0.15) is 16.1 Å². The topological polar surface area (TPSA) is 81.7 Å². The number of pyridine rings is 1. The minimum Gasteiger partial charge on any atom is -0.497 e. The van der Waals surface area contributed by atoms with E-state index < -0.39 is 0 Å². The van der Waals surface area contributed by atoms with Gasteiger partial charge < -0.3 is 24.8 Å². The average molecular weight is 391 g/mol. The number of rotatable bonds is 7. The highest BCUT2D eigenvalue weighted by Gasteiger charge is 2.15. The highest BCUT2D eigenvalue weighted by molar-refractivity contribution is 6.03. The lowest BCUT2D eigenvalue weighted by molar-refractivity contribution is 0.102. The number of carbonyl (C=O) groups is 1. The molecule has 3 aromatic rings. The Morgan fingerprint density at radius 3 is 2.59 bits per heavy atom. The van der Waals surface area contributed by atoms with Gasteiger partial charge in [0.15, 0.2) is 11.5 Å². The molecular formula is C22H21N3O4. The van der Waals surface area contributed by atoms with E-state index in [0.29, 0.717) is 22.9 Å². The quantitative estimate of drug-likeness (QED) is 0.639. The number of hydrogen-bond acceptors (Lipinski definition) is 6. The molecule has 0 spiro atoms. The third-order valence-corrected chi connectivity index (χ3v) is 4.53. The highest BCUT2D eigenvalue weighted by Crippen LogP contribution is 2.34. The van der Waals surface area contributed by atoms with Crippen LogP contribution in [0.25, 0.3) is 0 Å². The summed E-state index contributed by atoms with van der Waals surface area (Å²) in [4.78, 5) is 16.6. The molecule has 7 nitrogen and oxygen atoms in total. The van der Waals surface area contributed by atoms with E-state index in [9.17, 15) is 4.79 Å². The minimum atomic E-state index is -0.284. The van der Waals surface area contributed by atoms with E-state index in [1.807, 2.05) is 30.3 Å². The van der Waals surface area contributed by atoms with E-state index in [4.69, 9.17) is 14.2 Å². The normalized spacial score (nSPS) is 11.8. The van der Waals surface area contributed by atoms with E-state index in [2.05, 4.69) is 15.6 Å². The predicted molar refractivity (Wildman–Crippen MR) is 110 cm³/mol. The van der Waals surface area contributed by atoms with Crippen LogP contribution in [-0.4, -0.2) is 31.3 Å². The Kier molecular flexibility index (Phi) is 5.47. The van der Waals surface area contributed by atoms with Gasteiger partial charge in [-0.05, 0) is 48.4 Å². The van der Waals surface area contributed by atoms with Gasteiger partial charge in [0.1, 0.15) is 11.4 Å². The molecular weight excluding hydrogens is 370 g/mol. The third-order valence-electron chi connectivity index (χ3n) is 4.53. The van der Waals surface area contributed by atoms with Crippen molar-refractivity contribution in [3.8, 4) is 17.2 Å². The standard InChI is InChI=1S/C22H21N3O4/c1-27-18-6-2-15(3-7-18)10-11-23-17-4-8-19(24-13-17)22(26)25-16-5-9-20-21(12-16)29-14-28-20/h2-9,12-13,23H,10-11,14H2,1H3,(H,25,26). The summed E-state index contributed by atoms with van der Waals surface area (Å²) < 4.78 is 15.7. The summed E-state index contributed by atoms with van der Waals surface area (Å²) in [7, 11) is 1.66. The maximum absolute atomic E-state index is 12.4. The van der Waals surface area contributed by atoms with Crippen LogP contribution in [0.2, 0.25) is 0 Å². The number of amides is 1. The van der Waals surface area contributed by atoms with Crippen molar-refractivity contribution in [1.29, 1.82) is 0 Å². The molecule has 148 valence electrons. The highest BCUT2D eigenvalue weighted by atomic mass is 16.7. The summed E-state index contributed by atoms with van der Waals surface area (Å²) in [6, 6.07) is 16.8. The Balaban J connectivity index is 1.29. The van der Waals surface area contributed by atoms with Crippen LogP contribution in [0.15, 0.2) is 60.8 Å². The molecule has 1 aliphatic heterocycles. The fourth-order valence-electron chi connectivity index (χ4n) is 2.95. The summed E-state index contributed by atoms with van der Waals surface area (Å²) in [6.07, 6.45) is 2.53. The lowest BCUT2D eigenvalue weighted by Gasteiger charge is -2.08. The summed E-state index contributed by atoms with van der Waals surface area (Å²) >= 11 is 0. The number of aromatic nitrogens is 1. The SMILES string of the molecule is COc1ccc(CCNc2ccc(C(=O)Nc3ccc4c(c3)OCO4)nc2)cc1. The Morgan fingerprint density at radius 1 is 1.03 bits per heavy atom. The smallest absolute Gasteiger partial charge is 0.274 e. The lowest BCUT2D eigenvalue weighted by Crippen LogP contribution is -2.14. The van der Waals surface area contributed by atoms with Gasteiger partial charge in [-0.15, -0.1) is 0 Å². The van der Waals surface area contributed by atoms with Crippen molar-refractivity contribution in [2.75, 3.05) is 31.1 Å². The fourth-order valence-corrected chi connectivity index (χ4v) is 2.95. The number of fused-ring (bicyclic) bond motifs is 1. The van der Waals surface area contributed by atoms with Gasteiger partial charge in [-0.2, -0.15) is 0 Å².